The molecule has 0 rings (SSSR count). The summed E-state index contributed by atoms with van der Waals surface area (Å²) in [6, 6.07) is 0. The Balaban J connectivity index is 4.49. The summed E-state index contributed by atoms with van der Waals surface area (Å²) in [6.07, 6.45) is 8.26. The molecular formula is C18H32O4. The van der Waals surface area contributed by atoms with Crippen molar-refractivity contribution in [3.8, 4) is 0 Å². The summed E-state index contributed by atoms with van der Waals surface area (Å²) >= 11 is 0. The number of rotatable bonds is 11. The normalized spacial score (nSPS) is 11.9. The molecule has 0 aromatic heterocycles. The molecule has 22 heavy (non-hydrogen) atoms. The molecule has 0 heterocycles. The standard InChI is InChI=1S/C18H32O4/c1-6-7-8-9-10-11-12-16(18(20)22-15(4)5)13-17(19)21-14(2)3/h13-15H,6-12H2,1-5H3/b16-13-. The second-order valence-electron chi connectivity index (χ2n) is 6.13. The first kappa shape index (κ1) is 20.7. The van der Waals surface area contributed by atoms with Crippen molar-refractivity contribution in [3.63, 3.8) is 0 Å². The fourth-order valence-corrected chi connectivity index (χ4v) is 2.03. The molecule has 0 saturated heterocycles. The lowest BCUT2D eigenvalue weighted by molar-refractivity contribution is -0.145. The fourth-order valence-electron chi connectivity index (χ4n) is 2.03. The Bertz CT molecular complexity index is 356. The minimum absolute atomic E-state index is 0.193. The molecule has 4 heteroatoms. The molecular weight excluding hydrogens is 280 g/mol. The van der Waals surface area contributed by atoms with Gasteiger partial charge in [-0.3, -0.25) is 0 Å². The second kappa shape index (κ2) is 12.2. The molecule has 0 spiro atoms. The monoisotopic (exact) mass is 312 g/mol. The lowest BCUT2D eigenvalue weighted by Crippen LogP contribution is -2.16. The minimum Gasteiger partial charge on any atom is -0.460 e. The van der Waals surface area contributed by atoms with Gasteiger partial charge in [-0.1, -0.05) is 39.0 Å². The van der Waals surface area contributed by atoms with Gasteiger partial charge in [-0.05, 0) is 40.5 Å². The Morgan fingerprint density at radius 1 is 0.864 bits per heavy atom. The number of hydrogen-bond acceptors (Lipinski definition) is 4. The van der Waals surface area contributed by atoms with Gasteiger partial charge in [0, 0.05) is 11.6 Å². The largest absolute Gasteiger partial charge is 0.460 e. The van der Waals surface area contributed by atoms with Crippen molar-refractivity contribution in [2.75, 3.05) is 0 Å². The van der Waals surface area contributed by atoms with Crippen LogP contribution in [0.4, 0.5) is 0 Å². The van der Waals surface area contributed by atoms with Crippen LogP contribution < -0.4 is 0 Å². The van der Waals surface area contributed by atoms with E-state index in [1.165, 1.54) is 25.3 Å². The molecule has 4 nitrogen and oxygen atoms in total. The Kier molecular flexibility index (Phi) is 11.5. The third kappa shape index (κ3) is 11.4. The van der Waals surface area contributed by atoms with Crippen molar-refractivity contribution in [2.24, 2.45) is 0 Å². The zero-order chi connectivity index (χ0) is 17.0. The lowest BCUT2D eigenvalue weighted by atomic mass is 10.0. The van der Waals surface area contributed by atoms with Gasteiger partial charge in [-0.15, -0.1) is 0 Å². The molecule has 0 aliphatic carbocycles. The van der Waals surface area contributed by atoms with E-state index in [1.807, 2.05) is 0 Å². The Morgan fingerprint density at radius 3 is 1.95 bits per heavy atom. The summed E-state index contributed by atoms with van der Waals surface area (Å²) in [5.74, 6) is -0.888. The predicted octanol–water partition coefficient (Wildman–Crippen LogP) is 4.57. The van der Waals surface area contributed by atoms with E-state index in [0.717, 1.165) is 19.3 Å². The van der Waals surface area contributed by atoms with Crippen molar-refractivity contribution in [3.05, 3.63) is 11.6 Å². The van der Waals surface area contributed by atoms with Crippen LogP contribution in [0.15, 0.2) is 11.6 Å². The van der Waals surface area contributed by atoms with Gasteiger partial charge in [0.25, 0.3) is 0 Å². The highest BCUT2D eigenvalue weighted by atomic mass is 16.5. The van der Waals surface area contributed by atoms with Gasteiger partial charge in [-0.25, -0.2) is 9.59 Å². The van der Waals surface area contributed by atoms with E-state index in [4.69, 9.17) is 9.47 Å². The molecule has 0 amide bonds. The number of unbranched alkanes of at least 4 members (excludes halogenated alkanes) is 5. The summed E-state index contributed by atoms with van der Waals surface area (Å²) in [4.78, 5) is 23.8. The van der Waals surface area contributed by atoms with Crippen molar-refractivity contribution >= 4 is 11.9 Å². The van der Waals surface area contributed by atoms with E-state index in [1.54, 1.807) is 27.7 Å². The van der Waals surface area contributed by atoms with Crippen LogP contribution in [0.2, 0.25) is 0 Å². The van der Waals surface area contributed by atoms with Crippen LogP contribution in [-0.4, -0.2) is 24.1 Å². The zero-order valence-corrected chi connectivity index (χ0v) is 14.8. The van der Waals surface area contributed by atoms with Gasteiger partial charge in [0.2, 0.25) is 0 Å². The highest BCUT2D eigenvalue weighted by Crippen LogP contribution is 2.14. The van der Waals surface area contributed by atoms with Crippen molar-refractivity contribution in [1.82, 2.24) is 0 Å². The third-order valence-corrected chi connectivity index (χ3v) is 3.05. The number of hydrogen-bond donors (Lipinski definition) is 0. The van der Waals surface area contributed by atoms with E-state index < -0.39 is 11.9 Å². The predicted molar refractivity (Wildman–Crippen MR) is 88.5 cm³/mol. The molecule has 0 aromatic carbocycles. The Hall–Kier alpha value is -1.32. The van der Waals surface area contributed by atoms with E-state index >= 15 is 0 Å². The molecule has 0 aliphatic heterocycles. The highest BCUT2D eigenvalue weighted by Gasteiger charge is 2.15. The molecule has 0 atom stereocenters. The summed E-state index contributed by atoms with van der Waals surface area (Å²) < 4.78 is 10.3. The average Bonchev–Trinajstić information content (AvgIpc) is 2.39. The van der Waals surface area contributed by atoms with Gasteiger partial charge >= 0.3 is 11.9 Å². The lowest BCUT2D eigenvalue weighted by Gasteiger charge is -2.12. The topological polar surface area (TPSA) is 52.6 Å². The molecule has 0 aliphatic rings. The quantitative estimate of drug-likeness (QED) is 0.319. The number of ether oxygens (including phenoxy) is 2. The van der Waals surface area contributed by atoms with Gasteiger partial charge in [0.15, 0.2) is 0 Å². The van der Waals surface area contributed by atoms with E-state index in [-0.39, 0.29) is 12.2 Å². The smallest absolute Gasteiger partial charge is 0.334 e. The molecule has 0 aromatic rings. The van der Waals surface area contributed by atoms with Gasteiger partial charge in [0.1, 0.15) is 0 Å². The summed E-state index contributed by atoms with van der Waals surface area (Å²) in [7, 11) is 0. The first-order valence-electron chi connectivity index (χ1n) is 8.49. The van der Waals surface area contributed by atoms with Crippen LogP contribution in [0.5, 0.6) is 0 Å². The van der Waals surface area contributed by atoms with Crippen molar-refractivity contribution in [2.45, 2.75) is 91.8 Å². The van der Waals surface area contributed by atoms with Crippen LogP contribution in [0.3, 0.4) is 0 Å². The maximum Gasteiger partial charge on any atom is 0.334 e. The van der Waals surface area contributed by atoms with Crippen LogP contribution in [0.25, 0.3) is 0 Å². The van der Waals surface area contributed by atoms with E-state index in [9.17, 15) is 9.59 Å². The van der Waals surface area contributed by atoms with E-state index in [2.05, 4.69) is 6.92 Å². The van der Waals surface area contributed by atoms with Gasteiger partial charge in [0.05, 0.1) is 12.2 Å². The minimum atomic E-state index is -0.475. The maximum atomic E-state index is 12.0. The molecule has 0 bridgehead atoms. The van der Waals surface area contributed by atoms with Gasteiger partial charge in [-0.2, -0.15) is 0 Å². The van der Waals surface area contributed by atoms with Crippen molar-refractivity contribution < 1.29 is 19.1 Å². The molecule has 0 saturated carbocycles. The van der Waals surface area contributed by atoms with Gasteiger partial charge < -0.3 is 9.47 Å². The summed E-state index contributed by atoms with van der Waals surface area (Å²) in [6.45, 7) is 9.35. The number of carbonyl (C=O) groups excluding carboxylic acids is 2. The third-order valence-electron chi connectivity index (χ3n) is 3.05. The summed E-state index contributed by atoms with van der Waals surface area (Å²) in [5.41, 5.74) is 0.412. The van der Waals surface area contributed by atoms with Crippen LogP contribution in [0, 0.1) is 0 Å². The van der Waals surface area contributed by atoms with Crippen molar-refractivity contribution in [1.29, 1.82) is 0 Å². The molecule has 128 valence electrons. The van der Waals surface area contributed by atoms with Crippen LogP contribution in [0.1, 0.15) is 79.6 Å². The van der Waals surface area contributed by atoms with Crippen LogP contribution in [-0.2, 0) is 19.1 Å². The highest BCUT2D eigenvalue weighted by molar-refractivity contribution is 5.96. The molecule has 0 unspecified atom stereocenters. The fraction of sp³-hybridized carbons (Fsp3) is 0.778. The maximum absolute atomic E-state index is 12.0. The molecule has 0 radical (unpaired) electrons. The Morgan fingerprint density at radius 2 is 1.41 bits per heavy atom. The first-order chi connectivity index (χ1) is 10.4. The number of carbonyl (C=O) groups is 2. The first-order valence-corrected chi connectivity index (χ1v) is 8.49. The summed E-state index contributed by atoms with van der Waals surface area (Å²) in [5, 5.41) is 0. The Labute approximate surface area is 135 Å². The molecule has 0 N–H and O–H groups in total. The zero-order valence-electron chi connectivity index (χ0n) is 14.8. The average molecular weight is 312 g/mol. The SMILES string of the molecule is CCCCCCCC/C(=C/C(=O)OC(C)C)C(=O)OC(C)C. The second-order valence-corrected chi connectivity index (χ2v) is 6.13. The number of esters is 2. The van der Waals surface area contributed by atoms with Crippen LogP contribution >= 0.6 is 0 Å². The van der Waals surface area contributed by atoms with E-state index in [0.29, 0.717) is 12.0 Å². The molecule has 0 fully saturated rings.